The lowest BCUT2D eigenvalue weighted by molar-refractivity contribution is -0.142. The third kappa shape index (κ3) is 5.11. The number of carbonyl (C=O) groups is 2. The molecule has 23 heavy (non-hydrogen) atoms. The first kappa shape index (κ1) is 16.5. The van der Waals surface area contributed by atoms with E-state index in [0.717, 1.165) is 5.56 Å². The van der Waals surface area contributed by atoms with Crippen LogP contribution in [0.15, 0.2) is 66.7 Å². The van der Waals surface area contributed by atoms with E-state index in [1.807, 2.05) is 48.6 Å². The van der Waals surface area contributed by atoms with Crippen molar-refractivity contribution in [1.29, 1.82) is 0 Å². The number of nitrogens with one attached hydrogen (secondary N) is 1. The monoisotopic (exact) mass is 309 g/mol. The molecule has 2 aromatic rings. The molecule has 0 aliphatic heterocycles. The van der Waals surface area contributed by atoms with E-state index in [1.165, 1.54) is 7.11 Å². The molecule has 4 heteroatoms. The maximum absolute atomic E-state index is 12.2. The van der Waals surface area contributed by atoms with Crippen molar-refractivity contribution in [2.75, 3.05) is 7.11 Å². The molecule has 0 radical (unpaired) electrons. The van der Waals surface area contributed by atoms with Gasteiger partial charge in [0, 0.05) is 5.56 Å². The Hall–Kier alpha value is -2.88. The molecule has 1 amide bonds. The minimum Gasteiger partial charge on any atom is -0.467 e. The van der Waals surface area contributed by atoms with E-state index in [9.17, 15) is 9.59 Å². The Bertz CT molecular complexity index is 666. The molecule has 0 heterocycles. The van der Waals surface area contributed by atoms with Crippen LogP contribution in [0.2, 0.25) is 0 Å². The second kappa shape index (κ2) is 8.54. The van der Waals surface area contributed by atoms with Crippen molar-refractivity contribution in [2.45, 2.75) is 12.5 Å². The molecule has 0 spiro atoms. The number of ether oxygens (including phenoxy) is 1. The molecule has 2 rings (SSSR count). The van der Waals surface area contributed by atoms with E-state index in [1.54, 1.807) is 24.3 Å². The van der Waals surface area contributed by atoms with Gasteiger partial charge in [-0.05, 0) is 24.1 Å². The summed E-state index contributed by atoms with van der Waals surface area (Å²) in [6.45, 7) is 0. The quantitative estimate of drug-likeness (QED) is 0.834. The van der Waals surface area contributed by atoms with Gasteiger partial charge in [-0.15, -0.1) is 0 Å². The van der Waals surface area contributed by atoms with Crippen LogP contribution < -0.4 is 5.32 Å². The summed E-state index contributed by atoms with van der Waals surface area (Å²) in [5.41, 5.74) is 1.54. The topological polar surface area (TPSA) is 55.4 Å². The van der Waals surface area contributed by atoms with Gasteiger partial charge in [-0.2, -0.15) is 0 Å². The van der Waals surface area contributed by atoms with Crippen LogP contribution in [0.25, 0.3) is 6.08 Å². The molecule has 0 aliphatic carbocycles. The maximum Gasteiger partial charge on any atom is 0.328 e. The molecule has 4 nitrogen and oxygen atoms in total. The summed E-state index contributed by atoms with van der Waals surface area (Å²) in [4.78, 5) is 24.0. The van der Waals surface area contributed by atoms with Crippen molar-refractivity contribution in [2.24, 2.45) is 0 Å². The smallest absolute Gasteiger partial charge is 0.328 e. The number of amides is 1. The van der Waals surface area contributed by atoms with E-state index >= 15 is 0 Å². The molecule has 0 aromatic heterocycles. The molecule has 1 N–H and O–H groups in total. The lowest BCUT2D eigenvalue weighted by atomic mass is 10.1. The Balaban J connectivity index is 2.01. The Morgan fingerprint density at radius 3 is 2.26 bits per heavy atom. The Morgan fingerprint density at radius 2 is 1.65 bits per heavy atom. The summed E-state index contributed by atoms with van der Waals surface area (Å²) in [6.07, 6.45) is 4.12. The summed E-state index contributed by atoms with van der Waals surface area (Å²) in [6, 6.07) is 17.8. The number of benzene rings is 2. The first-order valence-corrected chi connectivity index (χ1v) is 7.36. The fourth-order valence-electron chi connectivity index (χ4n) is 2.09. The van der Waals surface area contributed by atoms with Crippen molar-refractivity contribution >= 4 is 18.0 Å². The van der Waals surface area contributed by atoms with E-state index in [0.29, 0.717) is 12.0 Å². The van der Waals surface area contributed by atoms with Gasteiger partial charge >= 0.3 is 5.97 Å². The van der Waals surface area contributed by atoms with Gasteiger partial charge in [0.2, 0.25) is 0 Å². The minimum atomic E-state index is -0.715. The average molecular weight is 309 g/mol. The van der Waals surface area contributed by atoms with Crippen molar-refractivity contribution in [3.05, 3.63) is 77.9 Å². The second-order valence-electron chi connectivity index (χ2n) is 4.96. The summed E-state index contributed by atoms with van der Waals surface area (Å²) in [7, 11) is 1.31. The summed E-state index contributed by atoms with van der Waals surface area (Å²) in [5.74, 6) is -0.763. The van der Waals surface area contributed by atoms with Gasteiger partial charge in [0.1, 0.15) is 6.04 Å². The molecule has 0 saturated carbocycles. The number of rotatable bonds is 6. The summed E-state index contributed by atoms with van der Waals surface area (Å²) >= 11 is 0. The van der Waals surface area contributed by atoms with Crippen LogP contribution in [0.5, 0.6) is 0 Å². The van der Waals surface area contributed by atoms with Crippen LogP contribution >= 0.6 is 0 Å². The molecule has 0 saturated heterocycles. The molecule has 0 bridgehead atoms. The molecule has 2 aromatic carbocycles. The average Bonchev–Trinajstić information content (AvgIpc) is 2.61. The van der Waals surface area contributed by atoms with E-state index in [4.69, 9.17) is 4.74 Å². The Labute approximate surface area is 135 Å². The van der Waals surface area contributed by atoms with Gasteiger partial charge in [0.15, 0.2) is 0 Å². The van der Waals surface area contributed by atoms with E-state index in [-0.39, 0.29) is 5.91 Å². The highest BCUT2D eigenvalue weighted by molar-refractivity contribution is 5.96. The first-order valence-electron chi connectivity index (χ1n) is 7.36. The van der Waals surface area contributed by atoms with Crippen molar-refractivity contribution in [1.82, 2.24) is 5.32 Å². The second-order valence-corrected chi connectivity index (χ2v) is 4.96. The van der Waals surface area contributed by atoms with Gasteiger partial charge in [-0.3, -0.25) is 4.79 Å². The van der Waals surface area contributed by atoms with Crippen molar-refractivity contribution < 1.29 is 14.3 Å². The van der Waals surface area contributed by atoms with Gasteiger partial charge < -0.3 is 10.1 Å². The molecule has 0 fully saturated rings. The fourth-order valence-corrected chi connectivity index (χ4v) is 2.09. The third-order valence-electron chi connectivity index (χ3n) is 3.31. The van der Waals surface area contributed by atoms with Crippen LogP contribution in [0.4, 0.5) is 0 Å². The lowest BCUT2D eigenvalue weighted by Crippen LogP contribution is -2.41. The summed E-state index contributed by atoms with van der Waals surface area (Å²) in [5, 5.41) is 2.71. The van der Waals surface area contributed by atoms with Crippen LogP contribution in [0.3, 0.4) is 0 Å². The number of hydrogen-bond acceptors (Lipinski definition) is 3. The largest absolute Gasteiger partial charge is 0.467 e. The van der Waals surface area contributed by atoms with Gasteiger partial charge in [-0.25, -0.2) is 4.79 Å². The van der Waals surface area contributed by atoms with Crippen LogP contribution in [0, 0.1) is 0 Å². The highest BCUT2D eigenvalue weighted by Crippen LogP contribution is 2.06. The zero-order valence-electron chi connectivity index (χ0n) is 12.9. The summed E-state index contributed by atoms with van der Waals surface area (Å²) < 4.78 is 4.76. The number of hydrogen-bond donors (Lipinski definition) is 1. The Morgan fingerprint density at radius 1 is 1.04 bits per heavy atom. The molecule has 0 aliphatic rings. The van der Waals surface area contributed by atoms with Crippen LogP contribution in [0.1, 0.15) is 22.3 Å². The Kier molecular flexibility index (Phi) is 6.12. The zero-order chi connectivity index (χ0) is 16.5. The number of methoxy groups -OCH3 is 1. The highest BCUT2D eigenvalue weighted by Gasteiger charge is 2.20. The standard InChI is InChI=1S/C19H19NO3/c1-23-19(22)17(14-8-11-15-9-4-2-5-10-15)20-18(21)16-12-6-3-7-13-16/h2-13,17H,14H2,1H3,(H,20,21)/b11-8+/t17-/m0/s1. The van der Waals surface area contributed by atoms with Gasteiger partial charge in [0.05, 0.1) is 7.11 Å². The fraction of sp³-hybridized carbons (Fsp3) is 0.158. The molecule has 118 valence electrons. The SMILES string of the molecule is COC(=O)[C@H](C/C=C/c1ccccc1)NC(=O)c1ccccc1. The molecular formula is C19H19NO3. The van der Waals surface area contributed by atoms with Gasteiger partial charge in [0.25, 0.3) is 5.91 Å². The third-order valence-corrected chi connectivity index (χ3v) is 3.31. The predicted octanol–water partition coefficient (Wildman–Crippen LogP) is 3.06. The zero-order valence-corrected chi connectivity index (χ0v) is 12.9. The van der Waals surface area contributed by atoms with Gasteiger partial charge in [-0.1, -0.05) is 60.7 Å². The van der Waals surface area contributed by atoms with Crippen LogP contribution in [-0.2, 0) is 9.53 Å². The number of esters is 1. The molecule has 1 atom stereocenters. The van der Waals surface area contributed by atoms with E-state index < -0.39 is 12.0 Å². The normalized spacial score (nSPS) is 11.9. The van der Waals surface area contributed by atoms with Crippen molar-refractivity contribution in [3.8, 4) is 0 Å². The van der Waals surface area contributed by atoms with Crippen LogP contribution in [-0.4, -0.2) is 25.0 Å². The molecular weight excluding hydrogens is 290 g/mol. The number of carbonyl (C=O) groups excluding carboxylic acids is 2. The maximum atomic E-state index is 12.2. The highest BCUT2D eigenvalue weighted by atomic mass is 16.5. The minimum absolute atomic E-state index is 0.297. The first-order chi connectivity index (χ1) is 11.2. The van der Waals surface area contributed by atoms with E-state index in [2.05, 4.69) is 5.32 Å². The lowest BCUT2D eigenvalue weighted by Gasteiger charge is -2.14. The molecule has 0 unspecified atom stereocenters. The van der Waals surface area contributed by atoms with Crippen molar-refractivity contribution in [3.63, 3.8) is 0 Å². The predicted molar refractivity (Wildman–Crippen MR) is 89.8 cm³/mol.